The highest BCUT2D eigenvalue weighted by molar-refractivity contribution is 5.94. The minimum atomic E-state index is -0.424. The lowest BCUT2D eigenvalue weighted by Crippen LogP contribution is -2.29. The van der Waals surface area contributed by atoms with Crippen molar-refractivity contribution in [3.63, 3.8) is 0 Å². The lowest BCUT2D eigenvalue weighted by Gasteiger charge is -2.16. The van der Waals surface area contributed by atoms with Crippen LogP contribution < -0.4 is 5.32 Å². The van der Waals surface area contributed by atoms with E-state index in [4.69, 9.17) is 4.74 Å². The van der Waals surface area contributed by atoms with Crippen molar-refractivity contribution in [1.82, 2.24) is 0 Å². The summed E-state index contributed by atoms with van der Waals surface area (Å²) >= 11 is 0. The van der Waals surface area contributed by atoms with Gasteiger partial charge < -0.3 is 10.1 Å². The van der Waals surface area contributed by atoms with E-state index in [0.29, 0.717) is 12.5 Å². The number of hydrogen-bond acceptors (Lipinski definition) is 2. The summed E-state index contributed by atoms with van der Waals surface area (Å²) in [6.45, 7) is 10.5. The van der Waals surface area contributed by atoms with Crippen molar-refractivity contribution in [2.45, 2.75) is 40.7 Å². The average Bonchev–Trinajstić information content (AvgIpc) is 2.30. The molecule has 0 aromatic heterocycles. The van der Waals surface area contributed by atoms with Crippen molar-refractivity contribution in [3.8, 4) is 0 Å². The normalized spacial score (nSPS) is 12.6. The predicted molar refractivity (Wildman–Crippen MR) is 74.8 cm³/mol. The van der Waals surface area contributed by atoms with E-state index in [0.717, 1.165) is 16.8 Å². The summed E-state index contributed by atoms with van der Waals surface area (Å²) < 4.78 is 5.50. The van der Waals surface area contributed by atoms with Gasteiger partial charge in [-0.15, -0.1) is 0 Å². The zero-order chi connectivity index (χ0) is 13.7. The van der Waals surface area contributed by atoms with Crippen molar-refractivity contribution in [1.29, 1.82) is 0 Å². The van der Waals surface area contributed by atoms with E-state index in [9.17, 15) is 4.79 Å². The Bertz CT molecular complexity index is 413. The van der Waals surface area contributed by atoms with Crippen molar-refractivity contribution in [2.75, 3.05) is 11.9 Å². The van der Waals surface area contributed by atoms with E-state index < -0.39 is 6.10 Å². The summed E-state index contributed by atoms with van der Waals surface area (Å²) in [7, 11) is 0. The summed E-state index contributed by atoms with van der Waals surface area (Å²) in [5.74, 6) is 0.338. The van der Waals surface area contributed by atoms with Crippen LogP contribution in [0.1, 0.15) is 31.9 Å². The molecule has 3 heteroatoms. The molecule has 1 rings (SSSR count). The van der Waals surface area contributed by atoms with Crippen LogP contribution in [0.2, 0.25) is 0 Å². The average molecular weight is 249 g/mol. The molecule has 0 fully saturated rings. The van der Waals surface area contributed by atoms with E-state index in [2.05, 4.69) is 19.2 Å². The van der Waals surface area contributed by atoms with Crippen LogP contribution in [0.3, 0.4) is 0 Å². The van der Waals surface area contributed by atoms with Gasteiger partial charge >= 0.3 is 0 Å². The molecular formula is C15H23NO2. The van der Waals surface area contributed by atoms with Crippen LogP contribution in [-0.4, -0.2) is 18.6 Å². The maximum absolute atomic E-state index is 12.0. The smallest absolute Gasteiger partial charge is 0.253 e. The number of carbonyl (C=O) groups excluding carboxylic acids is 1. The predicted octanol–water partition coefficient (Wildman–Crippen LogP) is 3.30. The summed E-state index contributed by atoms with van der Waals surface area (Å²) in [4.78, 5) is 12.0. The number of anilines is 1. The van der Waals surface area contributed by atoms with Crippen LogP contribution in [0, 0.1) is 19.8 Å². The van der Waals surface area contributed by atoms with Crippen LogP contribution in [0.4, 0.5) is 5.69 Å². The maximum Gasteiger partial charge on any atom is 0.253 e. The molecule has 0 heterocycles. The molecule has 0 spiro atoms. The van der Waals surface area contributed by atoms with E-state index in [1.54, 1.807) is 6.92 Å². The van der Waals surface area contributed by atoms with Gasteiger partial charge in [0.05, 0.1) is 0 Å². The second-order valence-corrected chi connectivity index (χ2v) is 5.18. The summed E-state index contributed by atoms with van der Waals surface area (Å²) in [5.41, 5.74) is 3.05. The monoisotopic (exact) mass is 249 g/mol. The minimum Gasteiger partial charge on any atom is -0.368 e. The molecule has 1 amide bonds. The van der Waals surface area contributed by atoms with Crippen molar-refractivity contribution in [3.05, 3.63) is 29.3 Å². The summed E-state index contributed by atoms with van der Waals surface area (Å²) in [6, 6.07) is 6.01. The fraction of sp³-hybridized carbons (Fsp3) is 0.533. The molecule has 1 aromatic carbocycles. The van der Waals surface area contributed by atoms with Gasteiger partial charge in [0, 0.05) is 12.3 Å². The number of rotatable bonds is 5. The number of ether oxygens (including phenoxy) is 1. The molecule has 0 aliphatic heterocycles. The summed E-state index contributed by atoms with van der Waals surface area (Å²) in [5, 5.41) is 2.91. The van der Waals surface area contributed by atoms with Crippen LogP contribution in [0.5, 0.6) is 0 Å². The molecule has 0 radical (unpaired) electrons. The molecule has 18 heavy (non-hydrogen) atoms. The van der Waals surface area contributed by atoms with Gasteiger partial charge in [0.25, 0.3) is 5.91 Å². The van der Waals surface area contributed by atoms with E-state index in [1.807, 2.05) is 32.0 Å². The van der Waals surface area contributed by atoms with E-state index >= 15 is 0 Å². The molecule has 100 valence electrons. The van der Waals surface area contributed by atoms with Crippen molar-refractivity contribution in [2.24, 2.45) is 5.92 Å². The van der Waals surface area contributed by atoms with Crippen LogP contribution in [0.15, 0.2) is 18.2 Å². The van der Waals surface area contributed by atoms with Gasteiger partial charge in [-0.2, -0.15) is 0 Å². The second-order valence-electron chi connectivity index (χ2n) is 5.18. The molecule has 1 unspecified atom stereocenters. The summed E-state index contributed by atoms with van der Waals surface area (Å²) in [6.07, 6.45) is -0.424. The van der Waals surface area contributed by atoms with Crippen LogP contribution in [0.25, 0.3) is 0 Å². The molecule has 1 aromatic rings. The number of carbonyl (C=O) groups is 1. The van der Waals surface area contributed by atoms with E-state index in [1.165, 1.54) is 0 Å². The van der Waals surface area contributed by atoms with Gasteiger partial charge in [-0.3, -0.25) is 4.79 Å². The molecule has 1 atom stereocenters. The van der Waals surface area contributed by atoms with Gasteiger partial charge in [-0.1, -0.05) is 26.0 Å². The van der Waals surface area contributed by atoms with Crippen molar-refractivity contribution < 1.29 is 9.53 Å². The zero-order valence-electron chi connectivity index (χ0n) is 11.9. The number of aryl methyl sites for hydroxylation is 2. The highest BCUT2D eigenvalue weighted by Crippen LogP contribution is 2.16. The van der Waals surface area contributed by atoms with Gasteiger partial charge in [-0.25, -0.2) is 0 Å². The van der Waals surface area contributed by atoms with Gasteiger partial charge in [-0.05, 0) is 43.9 Å². The number of hydrogen-bond donors (Lipinski definition) is 1. The molecule has 3 nitrogen and oxygen atoms in total. The van der Waals surface area contributed by atoms with Gasteiger partial charge in [0.2, 0.25) is 0 Å². The van der Waals surface area contributed by atoms with Gasteiger partial charge in [0.1, 0.15) is 6.10 Å². The Kier molecular flexibility index (Phi) is 5.35. The highest BCUT2D eigenvalue weighted by atomic mass is 16.5. The molecular weight excluding hydrogens is 226 g/mol. The lowest BCUT2D eigenvalue weighted by atomic mass is 10.1. The lowest BCUT2D eigenvalue weighted by molar-refractivity contribution is -0.126. The Hall–Kier alpha value is -1.35. The SMILES string of the molecule is Cc1ccc(C)c(NC(=O)C(C)OCC(C)C)c1. The fourth-order valence-electron chi connectivity index (χ4n) is 1.52. The molecule has 1 N–H and O–H groups in total. The first-order chi connectivity index (χ1) is 8.40. The Morgan fingerprint density at radius 3 is 2.56 bits per heavy atom. The first-order valence-corrected chi connectivity index (χ1v) is 6.40. The number of amides is 1. The Morgan fingerprint density at radius 1 is 1.28 bits per heavy atom. The highest BCUT2D eigenvalue weighted by Gasteiger charge is 2.14. The number of nitrogens with one attached hydrogen (secondary N) is 1. The van der Waals surface area contributed by atoms with E-state index in [-0.39, 0.29) is 5.91 Å². The third-order valence-corrected chi connectivity index (χ3v) is 2.70. The Balaban J connectivity index is 2.61. The fourth-order valence-corrected chi connectivity index (χ4v) is 1.52. The molecule has 0 saturated heterocycles. The molecule has 0 saturated carbocycles. The first kappa shape index (κ1) is 14.7. The Morgan fingerprint density at radius 2 is 1.94 bits per heavy atom. The Labute approximate surface area is 110 Å². The topological polar surface area (TPSA) is 38.3 Å². The van der Waals surface area contributed by atoms with Gasteiger partial charge in [0.15, 0.2) is 0 Å². The first-order valence-electron chi connectivity index (χ1n) is 6.40. The van der Waals surface area contributed by atoms with Crippen LogP contribution >= 0.6 is 0 Å². The van der Waals surface area contributed by atoms with Crippen molar-refractivity contribution >= 4 is 11.6 Å². The van der Waals surface area contributed by atoms with Crippen LogP contribution in [-0.2, 0) is 9.53 Å². The molecule has 0 aliphatic carbocycles. The molecule has 0 aliphatic rings. The number of benzene rings is 1. The third kappa shape index (κ3) is 4.49. The second kappa shape index (κ2) is 6.55. The minimum absolute atomic E-state index is 0.0932. The zero-order valence-corrected chi connectivity index (χ0v) is 11.9. The molecule has 0 bridgehead atoms. The third-order valence-electron chi connectivity index (χ3n) is 2.70. The quantitative estimate of drug-likeness (QED) is 0.869. The maximum atomic E-state index is 12.0. The standard InChI is InChI=1S/C15H23NO2/c1-10(2)9-18-13(5)15(17)16-14-8-11(3)6-7-12(14)4/h6-8,10,13H,9H2,1-5H3,(H,16,17). The largest absolute Gasteiger partial charge is 0.368 e.